The summed E-state index contributed by atoms with van der Waals surface area (Å²) in [5, 5.41) is 26.9. The van der Waals surface area contributed by atoms with Crippen molar-refractivity contribution in [2.75, 3.05) is 23.3 Å². The third-order valence-electron chi connectivity index (χ3n) is 5.34. The van der Waals surface area contributed by atoms with Crippen LogP contribution in [0.4, 0.5) is 10.9 Å². The van der Waals surface area contributed by atoms with Gasteiger partial charge in [0.1, 0.15) is 11.3 Å². The molecule has 3 atom stereocenters. The SMILES string of the molecule is O=c1ccc(N2CCCCC2CNc2nncs2)nn1C1CCCC1O. The Hall–Kier alpha value is -2.00. The van der Waals surface area contributed by atoms with Gasteiger partial charge >= 0.3 is 0 Å². The van der Waals surface area contributed by atoms with Crippen LogP contribution in [0.5, 0.6) is 0 Å². The van der Waals surface area contributed by atoms with Crippen LogP contribution < -0.4 is 15.8 Å². The van der Waals surface area contributed by atoms with Gasteiger partial charge in [-0.3, -0.25) is 4.79 Å². The van der Waals surface area contributed by atoms with E-state index in [1.54, 1.807) is 11.6 Å². The number of anilines is 2. The molecular weight excluding hydrogens is 352 g/mol. The van der Waals surface area contributed by atoms with E-state index >= 15 is 0 Å². The molecule has 2 aliphatic rings. The zero-order valence-corrected chi connectivity index (χ0v) is 15.4. The van der Waals surface area contributed by atoms with E-state index in [0.29, 0.717) is 6.04 Å². The van der Waals surface area contributed by atoms with Crippen LogP contribution in [0.3, 0.4) is 0 Å². The molecule has 9 heteroatoms. The Morgan fingerprint density at radius 1 is 1.23 bits per heavy atom. The molecule has 0 radical (unpaired) electrons. The number of aromatic nitrogens is 4. The van der Waals surface area contributed by atoms with E-state index in [-0.39, 0.29) is 11.6 Å². The van der Waals surface area contributed by atoms with E-state index in [0.717, 1.165) is 56.1 Å². The molecule has 0 amide bonds. The topological polar surface area (TPSA) is 96.2 Å². The van der Waals surface area contributed by atoms with Gasteiger partial charge in [-0.05, 0) is 44.6 Å². The van der Waals surface area contributed by atoms with E-state index in [4.69, 9.17) is 0 Å². The molecule has 1 aliphatic heterocycles. The number of rotatable bonds is 5. The minimum Gasteiger partial charge on any atom is -0.391 e. The second-order valence-electron chi connectivity index (χ2n) is 7.01. The summed E-state index contributed by atoms with van der Waals surface area (Å²) >= 11 is 1.49. The van der Waals surface area contributed by atoms with Crippen LogP contribution in [0.15, 0.2) is 22.4 Å². The Morgan fingerprint density at radius 3 is 2.92 bits per heavy atom. The van der Waals surface area contributed by atoms with Crippen molar-refractivity contribution in [2.45, 2.75) is 56.7 Å². The Kier molecular flexibility index (Phi) is 5.16. The molecule has 0 aromatic carbocycles. The largest absolute Gasteiger partial charge is 0.391 e. The molecule has 3 heterocycles. The van der Waals surface area contributed by atoms with Crippen LogP contribution in [0.2, 0.25) is 0 Å². The van der Waals surface area contributed by atoms with Crippen LogP contribution >= 0.6 is 11.3 Å². The number of hydrogen-bond donors (Lipinski definition) is 2. The number of hydrogen-bond acceptors (Lipinski definition) is 8. The van der Waals surface area contributed by atoms with Gasteiger partial charge in [0.25, 0.3) is 5.56 Å². The second-order valence-corrected chi connectivity index (χ2v) is 7.84. The summed E-state index contributed by atoms with van der Waals surface area (Å²) in [7, 11) is 0. The monoisotopic (exact) mass is 376 g/mol. The van der Waals surface area contributed by atoms with Gasteiger partial charge in [0.2, 0.25) is 5.13 Å². The van der Waals surface area contributed by atoms with Crippen LogP contribution in [0, 0.1) is 0 Å². The molecule has 2 aromatic heterocycles. The molecule has 1 saturated carbocycles. The van der Waals surface area contributed by atoms with Gasteiger partial charge < -0.3 is 15.3 Å². The van der Waals surface area contributed by atoms with E-state index < -0.39 is 6.10 Å². The predicted molar refractivity (Wildman–Crippen MR) is 101 cm³/mol. The highest BCUT2D eigenvalue weighted by molar-refractivity contribution is 7.13. The third kappa shape index (κ3) is 3.59. The molecule has 2 aromatic rings. The number of nitrogens with one attached hydrogen (secondary N) is 1. The average molecular weight is 376 g/mol. The van der Waals surface area contributed by atoms with Gasteiger partial charge in [-0.25, -0.2) is 4.68 Å². The Balaban J connectivity index is 1.55. The van der Waals surface area contributed by atoms with Gasteiger partial charge in [-0.1, -0.05) is 11.3 Å². The van der Waals surface area contributed by atoms with Crippen LogP contribution in [-0.2, 0) is 0 Å². The Labute approximate surface area is 155 Å². The van der Waals surface area contributed by atoms with Gasteiger partial charge in [-0.15, -0.1) is 10.2 Å². The molecule has 140 valence electrons. The first kappa shape index (κ1) is 17.4. The maximum atomic E-state index is 12.3. The fourth-order valence-corrected chi connectivity index (χ4v) is 4.44. The average Bonchev–Trinajstić information content (AvgIpc) is 3.32. The first-order chi connectivity index (χ1) is 12.7. The summed E-state index contributed by atoms with van der Waals surface area (Å²) < 4.78 is 1.50. The lowest BCUT2D eigenvalue weighted by molar-refractivity contribution is 0.127. The fraction of sp³-hybridized carbons (Fsp3) is 0.647. The molecule has 3 unspecified atom stereocenters. The minimum absolute atomic E-state index is 0.139. The summed E-state index contributed by atoms with van der Waals surface area (Å²) in [6.07, 6.45) is 5.36. The Morgan fingerprint density at radius 2 is 2.15 bits per heavy atom. The number of aliphatic hydroxyl groups is 1. The van der Waals surface area contributed by atoms with Gasteiger partial charge in [-0.2, -0.15) is 5.10 Å². The molecule has 0 bridgehead atoms. The van der Waals surface area contributed by atoms with Crippen LogP contribution in [0.1, 0.15) is 44.6 Å². The number of nitrogens with zero attached hydrogens (tertiary/aromatic N) is 5. The lowest BCUT2D eigenvalue weighted by Gasteiger charge is -2.37. The van der Waals surface area contributed by atoms with Crippen molar-refractivity contribution in [1.29, 1.82) is 0 Å². The summed E-state index contributed by atoms with van der Waals surface area (Å²) in [4.78, 5) is 14.6. The van der Waals surface area contributed by atoms with Crippen molar-refractivity contribution in [3.63, 3.8) is 0 Å². The van der Waals surface area contributed by atoms with Crippen molar-refractivity contribution < 1.29 is 5.11 Å². The summed E-state index contributed by atoms with van der Waals surface area (Å²) in [5.41, 5.74) is 1.57. The van der Waals surface area contributed by atoms with Crippen molar-refractivity contribution in [2.24, 2.45) is 0 Å². The van der Waals surface area contributed by atoms with E-state index in [1.807, 2.05) is 6.07 Å². The van der Waals surface area contributed by atoms with Gasteiger partial charge in [0.05, 0.1) is 12.1 Å². The summed E-state index contributed by atoms with van der Waals surface area (Å²) in [6, 6.07) is 3.48. The van der Waals surface area contributed by atoms with E-state index in [2.05, 4.69) is 25.5 Å². The minimum atomic E-state index is -0.480. The molecule has 26 heavy (non-hydrogen) atoms. The smallest absolute Gasteiger partial charge is 0.267 e. The molecule has 8 nitrogen and oxygen atoms in total. The summed E-state index contributed by atoms with van der Waals surface area (Å²) in [5.74, 6) is 0.812. The van der Waals surface area contributed by atoms with Crippen molar-refractivity contribution >= 4 is 22.3 Å². The first-order valence-corrected chi connectivity index (χ1v) is 10.1. The zero-order chi connectivity index (χ0) is 17.9. The number of piperidine rings is 1. The van der Waals surface area contributed by atoms with Crippen LogP contribution in [-0.4, -0.2) is 50.3 Å². The molecular formula is C17H24N6O2S. The maximum Gasteiger partial charge on any atom is 0.267 e. The lowest BCUT2D eigenvalue weighted by Crippen LogP contribution is -2.45. The van der Waals surface area contributed by atoms with Crippen molar-refractivity contribution in [1.82, 2.24) is 20.0 Å². The van der Waals surface area contributed by atoms with E-state index in [9.17, 15) is 9.90 Å². The summed E-state index contributed by atoms with van der Waals surface area (Å²) in [6.45, 7) is 1.68. The highest BCUT2D eigenvalue weighted by atomic mass is 32.1. The molecule has 1 aliphatic carbocycles. The number of aliphatic hydroxyl groups excluding tert-OH is 1. The normalized spacial score (nSPS) is 26.2. The first-order valence-electron chi connectivity index (χ1n) is 9.27. The predicted octanol–water partition coefficient (Wildman–Crippen LogP) is 1.65. The standard InChI is InChI=1S/C17H24N6O2S/c24-14-6-3-5-13(14)23-16(25)8-7-15(21-23)22-9-2-1-4-12(22)10-18-17-20-19-11-26-17/h7-8,11-14,24H,1-6,9-10H2,(H,18,20). The lowest BCUT2D eigenvalue weighted by atomic mass is 10.0. The van der Waals surface area contributed by atoms with Gasteiger partial charge in [0.15, 0.2) is 0 Å². The second kappa shape index (κ2) is 7.71. The highest BCUT2D eigenvalue weighted by Crippen LogP contribution is 2.29. The molecule has 0 spiro atoms. The molecule has 1 saturated heterocycles. The molecule has 4 rings (SSSR count). The zero-order valence-electron chi connectivity index (χ0n) is 14.6. The van der Waals surface area contributed by atoms with Crippen molar-refractivity contribution in [3.8, 4) is 0 Å². The van der Waals surface area contributed by atoms with E-state index in [1.165, 1.54) is 22.4 Å². The maximum absolute atomic E-state index is 12.3. The molecule has 2 N–H and O–H groups in total. The van der Waals surface area contributed by atoms with Crippen molar-refractivity contribution in [3.05, 3.63) is 28.0 Å². The molecule has 2 fully saturated rings. The quantitative estimate of drug-likeness (QED) is 0.819. The van der Waals surface area contributed by atoms with Gasteiger partial charge in [0, 0.05) is 25.2 Å². The fourth-order valence-electron chi connectivity index (χ4n) is 3.98. The third-order valence-corrected chi connectivity index (χ3v) is 5.99. The van der Waals surface area contributed by atoms with Crippen LogP contribution in [0.25, 0.3) is 0 Å². The highest BCUT2D eigenvalue weighted by Gasteiger charge is 2.30. The Bertz CT molecular complexity index is 780.